The SMILES string of the molecule is CC1(C)[C@@H](O[C@@H]2OC[C@H](O[C@@H]3O[C@H](CO)[C@@H](O)[C@H](O)[C@H]3O)[C@H](O)[C@H]2O[C@@H]2O[C@H](CO)[C@@H](O)[C@H](O)[C@H]2O)CC[C@]2(C)[C@H]3CC[C@]45OC[C@@]6(CC[C@](C)(CO)C[C@H]64)[C@H](O)C[C@@]5(C)[C@]3(C)CC[C@@H]12. The molecule has 2 bridgehead atoms. The lowest BCUT2D eigenvalue weighted by Crippen LogP contribution is -2.74. The first-order chi connectivity index (χ1) is 30.5. The van der Waals surface area contributed by atoms with Crippen LogP contribution in [0.1, 0.15) is 106 Å². The highest BCUT2D eigenvalue weighted by molar-refractivity contribution is 5.28. The molecule has 0 radical (unpaired) electrons. The summed E-state index contributed by atoms with van der Waals surface area (Å²) in [7, 11) is 0. The van der Waals surface area contributed by atoms with Crippen molar-refractivity contribution in [3.8, 4) is 0 Å². The Kier molecular flexibility index (Phi) is 12.9. The van der Waals surface area contributed by atoms with Gasteiger partial charge >= 0.3 is 0 Å². The van der Waals surface area contributed by atoms with E-state index in [2.05, 4.69) is 41.5 Å². The Bertz CT molecular complexity index is 1720. The van der Waals surface area contributed by atoms with Crippen molar-refractivity contribution in [1.29, 1.82) is 0 Å². The van der Waals surface area contributed by atoms with Crippen LogP contribution in [0.25, 0.3) is 0 Å². The third-order valence-electron chi connectivity index (χ3n) is 20.4. The van der Waals surface area contributed by atoms with Gasteiger partial charge in [-0.3, -0.25) is 0 Å². The molecule has 25 atom stereocenters. The van der Waals surface area contributed by atoms with Crippen LogP contribution in [-0.2, 0) is 33.2 Å². The molecule has 0 aromatic rings. The molecule has 5 aliphatic carbocycles. The van der Waals surface area contributed by atoms with Gasteiger partial charge in [-0.15, -0.1) is 0 Å². The number of aliphatic hydroxyl groups excluding tert-OH is 11. The second-order valence-electron chi connectivity index (χ2n) is 23.6. The molecule has 9 aliphatic rings. The van der Waals surface area contributed by atoms with E-state index in [1.54, 1.807) is 0 Å². The van der Waals surface area contributed by atoms with Crippen LogP contribution >= 0.6 is 0 Å². The summed E-state index contributed by atoms with van der Waals surface area (Å²) in [6.45, 7) is 12.9. The molecule has 4 saturated heterocycles. The normalized spacial score (nSPS) is 58.6. The second-order valence-corrected chi connectivity index (χ2v) is 23.6. The Balaban J connectivity index is 0.962. The fourth-order valence-corrected chi connectivity index (χ4v) is 16.3. The van der Waals surface area contributed by atoms with Crippen molar-refractivity contribution in [2.45, 2.75) is 210 Å². The first-order valence-electron chi connectivity index (χ1n) is 24.3. The summed E-state index contributed by atoms with van der Waals surface area (Å²) in [5, 5.41) is 118. The van der Waals surface area contributed by atoms with Gasteiger partial charge in [-0.2, -0.15) is 0 Å². The van der Waals surface area contributed by atoms with Crippen molar-refractivity contribution < 1.29 is 89.3 Å². The summed E-state index contributed by atoms with van der Waals surface area (Å²) >= 11 is 0. The lowest BCUT2D eigenvalue weighted by Gasteiger charge is -2.75. The van der Waals surface area contributed by atoms with Gasteiger partial charge in [0.1, 0.15) is 67.1 Å². The summed E-state index contributed by atoms with van der Waals surface area (Å²) in [6.07, 6.45) is -14.5. The Morgan fingerprint density at radius 2 is 1.18 bits per heavy atom. The summed E-state index contributed by atoms with van der Waals surface area (Å²) in [4.78, 5) is 0. The van der Waals surface area contributed by atoms with Crippen molar-refractivity contribution in [2.24, 2.45) is 50.2 Å². The molecule has 18 nitrogen and oxygen atoms in total. The quantitative estimate of drug-likeness (QED) is 0.129. The van der Waals surface area contributed by atoms with Gasteiger partial charge in [0, 0.05) is 17.4 Å². The highest BCUT2D eigenvalue weighted by atomic mass is 16.8. The topological polar surface area (TPSA) is 287 Å². The fraction of sp³-hybridized carbons (Fsp3) is 1.00. The van der Waals surface area contributed by atoms with Crippen LogP contribution in [0.5, 0.6) is 0 Å². The predicted molar refractivity (Wildman–Crippen MR) is 225 cm³/mol. The molecular weight excluding hydrogens is 852 g/mol. The molecule has 374 valence electrons. The maximum Gasteiger partial charge on any atom is 0.187 e. The molecule has 0 aromatic carbocycles. The van der Waals surface area contributed by atoms with Crippen molar-refractivity contribution in [3.63, 3.8) is 0 Å². The van der Waals surface area contributed by atoms with Crippen molar-refractivity contribution in [2.75, 3.05) is 33.0 Å². The average molecular weight is 931 g/mol. The zero-order valence-corrected chi connectivity index (χ0v) is 38.9. The van der Waals surface area contributed by atoms with Crippen LogP contribution < -0.4 is 0 Å². The summed E-state index contributed by atoms with van der Waals surface area (Å²) in [5.41, 5.74) is -1.88. The van der Waals surface area contributed by atoms with Crippen LogP contribution in [-0.4, -0.2) is 193 Å². The number of aliphatic hydroxyl groups is 11. The lowest BCUT2D eigenvalue weighted by molar-refractivity contribution is -0.383. The van der Waals surface area contributed by atoms with E-state index >= 15 is 0 Å². The van der Waals surface area contributed by atoms with Crippen LogP contribution in [0.3, 0.4) is 0 Å². The van der Waals surface area contributed by atoms with E-state index in [0.29, 0.717) is 25.4 Å². The summed E-state index contributed by atoms with van der Waals surface area (Å²) < 4.78 is 43.8. The first-order valence-corrected chi connectivity index (χ1v) is 24.3. The van der Waals surface area contributed by atoms with Crippen molar-refractivity contribution in [3.05, 3.63) is 0 Å². The molecule has 5 saturated carbocycles. The minimum absolute atomic E-state index is 0.116. The van der Waals surface area contributed by atoms with E-state index in [1.165, 1.54) is 0 Å². The third kappa shape index (κ3) is 7.07. The zero-order chi connectivity index (χ0) is 47.0. The van der Waals surface area contributed by atoms with E-state index in [9.17, 15) is 56.2 Å². The highest BCUT2D eigenvalue weighted by Gasteiger charge is 2.80. The van der Waals surface area contributed by atoms with Gasteiger partial charge in [-0.05, 0) is 104 Å². The zero-order valence-electron chi connectivity index (χ0n) is 38.9. The Labute approximate surface area is 381 Å². The molecule has 65 heavy (non-hydrogen) atoms. The van der Waals surface area contributed by atoms with Gasteiger partial charge in [-0.1, -0.05) is 41.5 Å². The predicted octanol–water partition coefficient (Wildman–Crippen LogP) is -0.563. The maximum atomic E-state index is 12.3. The van der Waals surface area contributed by atoms with Crippen molar-refractivity contribution >= 4 is 0 Å². The average Bonchev–Trinajstić information content (AvgIpc) is 3.55. The minimum atomic E-state index is -1.82. The molecule has 9 rings (SSSR count). The van der Waals surface area contributed by atoms with Crippen LogP contribution in [0.15, 0.2) is 0 Å². The molecule has 4 heterocycles. The molecule has 0 amide bonds. The van der Waals surface area contributed by atoms with E-state index in [-0.39, 0.29) is 57.7 Å². The van der Waals surface area contributed by atoms with Gasteiger partial charge < -0.3 is 89.3 Å². The molecule has 0 unspecified atom stereocenters. The third-order valence-corrected chi connectivity index (χ3v) is 20.4. The number of rotatable bonds is 9. The van der Waals surface area contributed by atoms with Gasteiger partial charge in [0.2, 0.25) is 0 Å². The van der Waals surface area contributed by atoms with E-state index in [0.717, 1.165) is 51.4 Å². The largest absolute Gasteiger partial charge is 0.396 e. The van der Waals surface area contributed by atoms with Gasteiger partial charge in [0.15, 0.2) is 18.9 Å². The van der Waals surface area contributed by atoms with Crippen LogP contribution in [0, 0.1) is 50.2 Å². The van der Waals surface area contributed by atoms with Crippen LogP contribution in [0.4, 0.5) is 0 Å². The number of hydrogen-bond donors (Lipinski definition) is 11. The standard InChI is InChI=1S/C47H78O18/c1-41(2)25-7-11-44(5)26(8-12-47-27-15-42(3,20-50)13-14-46(27,21-60-47)28(51)16-45(44,47)6)43(25,4)10-9-29(41)64-40-37(65-39-36(58)34(56)31(53)23(18-49)62-39)32(54)24(19-59-40)63-38-35(57)33(55)30(52)22(17-48)61-38/h22-40,48-58H,7-21H2,1-6H3/t22-,23-,24+,25+,26-,27-,28-,29+,30-,31-,32+,33+,34+,35-,36-,37-,38+,39+,40+,42+,43+,44-,45+,46-,47+/m1/s1. The van der Waals surface area contributed by atoms with Gasteiger partial charge in [0.25, 0.3) is 0 Å². The first kappa shape index (κ1) is 49.3. The van der Waals surface area contributed by atoms with Gasteiger partial charge in [-0.25, -0.2) is 0 Å². The molecule has 9 fully saturated rings. The molecule has 4 aliphatic heterocycles. The number of hydrogen-bond acceptors (Lipinski definition) is 18. The summed E-state index contributed by atoms with van der Waals surface area (Å²) in [6, 6.07) is 0. The van der Waals surface area contributed by atoms with E-state index in [1.807, 2.05) is 0 Å². The van der Waals surface area contributed by atoms with Crippen molar-refractivity contribution in [1.82, 2.24) is 0 Å². The smallest absolute Gasteiger partial charge is 0.187 e. The molecule has 18 heteroatoms. The fourth-order valence-electron chi connectivity index (χ4n) is 16.3. The second kappa shape index (κ2) is 17.0. The van der Waals surface area contributed by atoms with E-state index < -0.39 is 117 Å². The Morgan fingerprint density at radius 3 is 1.80 bits per heavy atom. The molecule has 0 aromatic heterocycles. The van der Waals surface area contributed by atoms with Gasteiger partial charge in [0.05, 0.1) is 44.2 Å². The monoisotopic (exact) mass is 931 g/mol. The maximum absolute atomic E-state index is 12.3. The lowest BCUT2D eigenvalue weighted by atomic mass is 9.30. The summed E-state index contributed by atoms with van der Waals surface area (Å²) in [5.74, 6) is 0.677. The molecule has 11 N–H and O–H groups in total. The molecule has 1 spiro atoms. The Hall–Kier alpha value is -0.720. The minimum Gasteiger partial charge on any atom is -0.396 e. The number of fused-ring (bicyclic) bond motifs is 4. The number of ether oxygens (including phenoxy) is 7. The highest BCUT2D eigenvalue weighted by Crippen LogP contribution is 2.80. The van der Waals surface area contributed by atoms with E-state index in [4.69, 9.17) is 33.2 Å². The molecular formula is C47H78O18. The van der Waals surface area contributed by atoms with Crippen LogP contribution in [0.2, 0.25) is 0 Å². The Morgan fingerprint density at radius 1 is 0.569 bits per heavy atom.